The first-order valence-electron chi connectivity index (χ1n) is 7.28. The molecule has 1 atom stereocenters. The summed E-state index contributed by atoms with van der Waals surface area (Å²) in [7, 11) is 0. The van der Waals surface area contributed by atoms with Crippen molar-refractivity contribution in [2.75, 3.05) is 0 Å². The molecule has 0 radical (unpaired) electrons. The van der Waals surface area contributed by atoms with E-state index in [-0.39, 0.29) is 11.5 Å². The quantitative estimate of drug-likeness (QED) is 0.654. The van der Waals surface area contributed by atoms with Crippen LogP contribution in [0.25, 0.3) is 0 Å². The maximum Gasteiger partial charge on any atom is 0.198 e. The smallest absolute Gasteiger partial charge is 0.198 e. The van der Waals surface area contributed by atoms with Crippen LogP contribution < -0.4 is 0 Å². The van der Waals surface area contributed by atoms with Crippen LogP contribution in [0.4, 0.5) is 0 Å². The Kier molecular flexibility index (Phi) is 4.22. The molecule has 1 aliphatic rings. The van der Waals surface area contributed by atoms with Gasteiger partial charge in [-0.2, -0.15) is 0 Å². The second kappa shape index (κ2) is 6.14. The number of aryl methyl sites for hydroxylation is 1. The molecule has 0 spiro atoms. The molecule has 6 heteroatoms. The maximum atomic E-state index is 12.8. The van der Waals surface area contributed by atoms with Gasteiger partial charge in [0.05, 0.1) is 17.5 Å². The van der Waals surface area contributed by atoms with Gasteiger partial charge in [-0.25, -0.2) is 4.21 Å². The summed E-state index contributed by atoms with van der Waals surface area (Å²) in [6, 6.07) is 5.28. The number of carbonyl (C=O) groups is 1. The second-order valence-corrected chi connectivity index (χ2v) is 6.45. The number of aromatic nitrogens is 1. The molecule has 3 rings (SSSR count). The van der Waals surface area contributed by atoms with Crippen LogP contribution in [0.15, 0.2) is 28.9 Å². The SMILES string of the molecule is CCc1cc(CS(=O)O)ccc1C(=O)c1cnoc1C1CC1. The minimum absolute atomic E-state index is 0.0715. The standard InChI is InChI=1S/C16H17NO4S/c1-2-11-7-10(9-22(19)20)3-6-13(11)15(18)14-8-17-21-16(14)12-4-5-12/h3,6-8,12H,2,4-5,9H2,1H3,(H,19,20). The van der Waals surface area contributed by atoms with Gasteiger partial charge in [0.2, 0.25) is 0 Å². The first kappa shape index (κ1) is 15.1. The molecule has 0 bridgehead atoms. The molecule has 0 amide bonds. The van der Waals surface area contributed by atoms with Gasteiger partial charge in [0.15, 0.2) is 22.6 Å². The molecule has 1 saturated carbocycles. The summed E-state index contributed by atoms with van der Waals surface area (Å²) in [5.41, 5.74) is 2.77. The number of carbonyl (C=O) groups excluding carboxylic acids is 1. The van der Waals surface area contributed by atoms with Gasteiger partial charge in [-0.15, -0.1) is 0 Å². The van der Waals surface area contributed by atoms with E-state index in [1.165, 1.54) is 6.20 Å². The lowest BCUT2D eigenvalue weighted by molar-refractivity contribution is 0.103. The minimum atomic E-state index is -1.89. The van der Waals surface area contributed by atoms with Crippen LogP contribution in [0.3, 0.4) is 0 Å². The third-order valence-electron chi connectivity index (χ3n) is 3.88. The lowest BCUT2D eigenvalue weighted by atomic mass is 9.95. The molecule has 1 aromatic carbocycles. The van der Waals surface area contributed by atoms with Crippen molar-refractivity contribution in [2.24, 2.45) is 0 Å². The largest absolute Gasteiger partial charge is 0.360 e. The van der Waals surface area contributed by atoms with E-state index in [0.717, 1.165) is 24.0 Å². The Labute approximate surface area is 131 Å². The lowest BCUT2D eigenvalue weighted by Gasteiger charge is -2.09. The van der Waals surface area contributed by atoms with Crippen molar-refractivity contribution >= 4 is 16.9 Å². The zero-order chi connectivity index (χ0) is 15.7. The number of benzene rings is 1. The zero-order valence-corrected chi connectivity index (χ0v) is 13.1. The predicted octanol–water partition coefficient (Wildman–Crippen LogP) is 3.07. The van der Waals surface area contributed by atoms with Crippen molar-refractivity contribution in [3.8, 4) is 0 Å². The van der Waals surface area contributed by atoms with Gasteiger partial charge < -0.3 is 9.08 Å². The molecule has 116 valence electrons. The highest BCUT2D eigenvalue weighted by Crippen LogP contribution is 2.42. The molecule has 1 unspecified atom stereocenters. The summed E-state index contributed by atoms with van der Waals surface area (Å²) >= 11 is -1.89. The first-order chi connectivity index (χ1) is 10.6. The first-order valence-corrected chi connectivity index (χ1v) is 8.56. The summed E-state index contributed by atoms with van der Waals surface area (Å²) in [5.74, 6) is 0.995. The number of ketones is 1. The third-order valence-corrected chi connectivity index (χ3v) is 4.46. The lowest BCUT2D eigenvalue weighted by Crippen LogP contribution is -2.07. The van der Waals surface area contributed by atoms with E-state index < -0.39 is 11.1 Å². The zero-order valence-electron chi connectivity index (χ0n) is 12.2. The molecular weight excluding hydrogens is 302 g/mol. The summed E-state index contributed by atoms with van der Waals surface area (Å²) in [5, 5.41) is 3.77. The monoisotopic (exact) mass is 319 g/mol. The Morgan fingerprint density at radius 3 is 2.82 bits per heavy atom. The molecule has 0 aliphatic heterocycles. The molecule has 5 nitrogen and oxygen atoms in total. The van der Waals surface area contributed by atoms with E-state index in [1.807, 2.05) is 13.0 Å². The molecule has 1 N–H and O–H groups in total. The highest BCUT2D eigenvalue weighted by Gasteiger charge is 2.33. The van der Waals surface area contributed by atoms with Crippen molar-refractivity contribution < 1.29 is 18.1 Å². The topological polar surface area (TPSA) is 80.4 Å². The van der Waals surface area contributed by atoms with Crippen LogP contribution in [0, 0.1) is 0 Å². The van der Waals surface area contributed by atoms with Crippen molar-refractivity contribution in [1.82, 2.24) is 5.16 Å². The van der Waals surface area contributed by atoms with Gasteiger partial charge in [0.25, 0.3) is 0 Å². The van der Waals surface area contributed by atoms with E-state index >= 15 is 0 Å². The number of nitrogens with zero attached hydrogens (tertiary/aromatic N) is 1. The fourth-order valence-corrected chi connectivity index (χ4v) is 3.06. The van der Waals surface area contributed by atoms with Gasteiger partial charge in [-0.1, -0.05) is 30.3 Å². The van der Waals surface area contributed by atoms with E-state index in [9.17, 15) is 9.00 Å². The molecule has 1 aromatic heterocycles. The summed E-state index contributed by atoms with van der Waals surface area (Å²) < 4.78 is 25.1. The van der Waals surface area contributed by atoms with E-state index in [4.69, 9.17) is 9.08 Å². The molecule has 1 aliphatic carbocycles. The van der Waals surface area contributed by atoms with E-state index in [2.05, 4.69) is 5.16 Å². The second-order valence-electron chi connectivity index (χ2n) is 5.52. The fraction of sp³-hybridized carbons (Fsp3) is 0.375. The Bertz CT molecular complexity index is 733. The Morgan fingerprint density at radius 2 is 2.18 bits per heavy atom. The summed E-state index contributed by atoms with van der Waals surface area (Å²) in [4.78, 5) is 12.8. The Morgan fingerprint density at radius 1 is 1.41 bits per heavy atom. The van der Waals surface area contributed by atoms with Gasteiger partial charge >= 0.3 is 0 Å². The average Bonchev–Trinajstić information content (AvgIpc) is 3.23. The molecule has 0 saturated heterocycles. The van der Waals surface area contributed by atoms with Gasteiger partial charge in [-0.3, -0.25) is 4.79 Å². The van der Waals surface area contributed by atoms with Crippen LogP contribution >= 0.6 is 0 Å². The van der Waals surface area contributed by atoms with Crippen LogP contribution in [-0.4, -0.2) is 19.7 Å². The third kappa shape index (κ3) is 3.03. The number of rotatable bonds is 6. The summed E-state index contributed by atoms with van der Waals surface area (Å²) in [6.45, 7) is 1.96. The normalized spacial score (nSPS) is 15.7. The highest BCUT2D eigenvalue weighted by atomic mass is 32.2. The highest BCUT2D eigenvalue weighted by molar-refractivity contribution is 7.78. The van der Waals surface area contributed by atoms with Crippen LogP contribution in [0.2, 0.25) is 0 Å². The van der Waals surface area contributed by atoms with Crippen LogP contribution in [0.1, 0.15) is 58.5 Å². The van der Waals surface area contributed by atoms with Crippen molar-refractivity contribution in [3.05, 3.63) is 52.4 Å². The van der Waals surface area contributed by atoms with Gasteiger partial charge in [-0.05, 0) is 30.4 Å². The van der Waals surface area contributed by atoms with Crippen molar-refractivity contribution in [2.45, 2.75) is 37.9 Å². The maximum absolute atomic E-state index is 12.8. The molecule has 1 heterocycles. The summed E-state index contributed by atoms with van der Waals surface area (Å²) in [6.07, 6.45) is 4.25. The Balaban J connectivity index is 1.94. The fourth-order valence-electron chi connectivity index (χ4n) is 2.60. The van der Waals surface area contributed by atoms with Crippen LogP contribution in [-0.2, 0) is 23.3 Å². The Hall–Kier alpha value is -1.79. The number of hydrogen-bond donors (Lipinski definition) is 1. The molecular formula is C16H17NO4S. The van der Waals surface area contributed by atoms with Crippen molar-refractivity contribution in [1.29, 1.82) is 0 Å². The molecule has 22 heavy (non-hydrogen) atoms. The van der Waals surface area contributed by atoms with Crippen molar-refractivity contribution in [3.63, 3.8) is 0 Å². The van der Waals surface area contributed by atoms with E-state index in [0.29, 0.717) is 29.2 Å². The average molecular weight is 319 g/mol. The molecule has 1 fully saturated rings. The number of hydrogen-bond acceptors (Lipinski definition) is 4. The van der Waals surface area contributed by atoms with Gasteiger partial charge in [0.1, 0.15) is 0 Å². The van der Waals surface area contributed by atoms with E-state index in [1.54, 1.807) is 12.1 Å². The molecule has 2 aromatic rings. The minimum Gasteiger partial charge on any atom is -0.360 e. The predicted molar refractivity (Wildman–Crippen MR) is 82.2 cm³/mol. The van der Waals surface area contributed by atoms with Crippen LogP contribution in [0.5, 0.6) is 0 Å². The van der Waals surface area contributed by atoms with Gasteiger partial charge in [0, 0.05) is 11.5 Å².